The Kier molecular flexibility index (Phi) is 3.37. The van der Waals surface area contributed by atoms with E-state index in [9.17, 15) is 9.90 Å². The Bertz CT molecular complexity index is 640. The molecule has 19 heavy (non-hydrogen) atoms. The summed E-state index contributed by atoms with van der Waals surface area (Å²) < 4.78 is 2.09. The second kappa shape index (κ2) is 4.70. The minimum atomic E-state index is -1.48. The van der Waals surface area contributed by atoms with Crippen LogP contribution >= 0.6 is 0 Å². The summed E-state index contributed by atoms with van der Waals surface area (Å²) in [5.74, 6) is -1.22. The van der Waals surface area contributed by atoms with Crippen LogP contribution in [0, 0.1) is 13.8 Å². The predicted molar refractivity (Wildman–Crippen MR) is 74.4 cm³/mol. The lowest BCUT2D eigenvalue weighted by Gasteiger charge is -2.14. The molecule has 0 fully saturated rings. The van der Waals surface area contributed by atoms with Crippen molar-refractivity contribution in [3.8, 4) is 0 Å². The Labute approximate surface area is 112 Å². The molecule has 0 saturated carbocycles. The van der Waals surface area contributed by atoms with Gasteiger partial charge in [-0.15, -0.1) is 0 Å². The average molecular weight is 261 g/mol. The Morgan fingerprint density at radius 3 is 2.42 bits per heavy atom. The van der Waals surface area contributed by atoms with Crippen LogP contribution in [0.5, 0.6) is 0 Å². The van der Waals surface area contributed by atoms with Crippen molar-refractivity contribution in [2.45, 2.75) is 39.8 Å². The number of carboxylic acids is 1. The SMILES string of the molecule is Cc1cccc2c(C(O)C(=O)O)c(C)n(C(C)C)c12. The molecule has 0 aliphatic carbocycles. The highest BCUT2D eigenvalue weighted by Gasteiger charge is 2.26. The summed E-state index contributed by atoms with van der Waals surface area (Å²) >= 11 is 0. The van der Waals surface area contributed by atoms with E-state index in [4.69, 9.17) is 5.11 Å². The minimum absolute atomic E-state index is 0.207. The third-order valence-corrected chi connectivity index (χ3v) is 3.54. The number of aryl methyl sites for hydroxylation is 1. The number of fused-ring (bicyclic) bond motifs is 1. The summed E-state index contributed by atoms with van der Waals surface area (Å²) in [5.41, 5.74) is 3.40. The molecule has 0 saturated heterocycles. The minimum Gasteiger partial charge on any atom is -0.479 e. The molecule has 2 rings (SSSR count). The van der Waals surface area contributed by atoms with Crippen LogP contribution in [0.4, 0.5) is 0 Å². The van der Waals surface area contributed by atoms with Gasteiger partial charge in [-0.05, 0) is 33.3 Å². The molecule has 0 aliphatic rings. The molecule has 1 atom stereocenters. The summed E-state index contributed by atoms with van der Waals surface area (Å²) in [4.78, 5) is 11.1. The number of hydrogen-bond donors (Lipinski definition) is 2. The number of aliphatic hydroxyl groups excluding tert-OH is 1. The molecule has 2 N–H and O–H groups in total. The summed E-state index contributed by atoms with van der Waals surface area (Å²) in [7, 11) is 0. The highest BCUT2D eigenvalue weighted by molar-refractivity contribution is 5.92. The summed E-state index contributed by atoms with van der Waals surface area (Å²) in [6.07, 6.45) is -1.48. The van der Waals surface area contributed by atoms with Crippen LogP contribution in [0.15, 0.2) is 18.2 Å². The largest absolute Gasteiger partial charge is 0.479 e. The van der Waals surface area contributed by atoms with E-state index in [1.165, 1.54) is 0 Å². The normalized spacial score (nSPS) is 13.2. The Morgan fingerprint density at radius 2 is 1.89 bits per heavy atom. The van der Waals surface area contributed by atoms with Crippen molar-refractivity contribution in [2.24, 2.45) is 0 Å². The van der Waals surface area contributed by atoms with Crippen molar-refractivity contribution < 1.29 is 15.0 Å². The number of nitrogens with zero attached hydrogens (tertiary/aromatic N) is 1. The number of carboxylic acid groups (broad SMARTS) is 1. The smallest absolute Gasteiger partial charge is 0.337 e. The molecule has 0 amide bonds. The van der Waals surface area contributed by atoms with Gasteiger partial charge in [-0.3, -0.25) is 0 Å². The molecule has 0 aliphatic heterocycles. The van der Waals surface area contributed by atoms with E-state index in [0.717, 1.165) is 22.2 Å². The van der Waals surface area contributed by atoms with E-state index in [1.807, 2.05) is 32.0 Å². The molecular formula is C15H19NO3. The number of carbonyl (C=O) groups is 1. The molecule has 0 radical (unpaired) electrons. The van der Waals surface area contributed by atoms with Crippen LogP contribution in [0.2, 0.25) is 0 Å². The van der Waals surface area contributed by atoms with E-state index >= 15 is 0 Å². The fourth-order valence-corrected chi connectivity index (χ4v) is 2.80. The number of aliphatic carboxylic acids is 1. The molecule has 1 aromatic heterocycles. The summed E-state index contributed by atoms with van der Waals surface area (Å²) in [5, 5.41) is 19.8. The molecule has 1 heterocycles. The lowest BCUT2D eigenvalue weighted by atomic mass is 10.0. The highest BCUT2D eigenvalue weighted by atomic mass is 16.4. The first kappa shape index (κ1) is 13.6. The van der Waals surface area contributed by atoms with Gasteiger partial charge in [0.25, 0.3) is 0 Å². The van der Waals surface area contributed by atoms with Gasteiger partial charge in [0.15, 0.2) is 6.10 Å². The quantitative estimate of drug-likeness (QED) is 0.893. The number of rotatable bonds is 3. The zero-order valence-corrected chi connectivity index (χ0v) is 11.6. The van der Waals surface area contributed by atoms with Gasteiger partial charge < -0.3 is 14.8 Å². The van der Waals surface area contributed by atoms with Crippen LogP contribution < -0.4 is 0 Å². The highest BCUT2D eigenvalue weighted by Crippen LogP contribution is 2.34. The zero-order chi connectivity index (χ0) is 14.3. The Morgan fingerprint density at radius 1 is 1.26 bits per heavy atom. The third kappa shape index (κ3) is 2.02. The maximum Gasteiger partial charge on any atom is 0.337 e. The number of aromatic nitrogens is 1. The van der Waals surface area contributed by atoms with Gasteiger partial charge in [0.1, 0.15) is 0 Å². The molecule has 0 bridgehead atoms. The Hall–Kier alpha value is -1.81. The van der Waals surface area contributed by atoms with E-state index in [1.54, 1.807) is 0 Å². The van der Waals surface area contributed by atoms with Gasteiger partial charge in [0.2, 0.25) is 0 Å². The van der Waals surface area contributed by atoms with E-state index in [-0.39, 0.29) is 6.04 Å². The summed E-state index contributed by atoms with van der Waals surface area (Å²) in [6.45, 7) is 7.96. The third-order valence-electron chi connectivity index (χ3n) is 3.54. The molecule has 102 valence electrons. The van der Waals surface area contributed by atoms with Gasteiger partial charge in [0.05, 0.1) is 5.52 Å². The maximum absolute atomic E-state index is 11.1. The predicted octanol–water partition coefficient (Wildman–Crippen LogP) is 2.96. The first-order valence-corrected chi connectivity index (χ1v) is 6.37. The lowest BCUT2D eigenvalue weighted by Crippen LogP contribution is -2.12. The monoisotopic (exact) mass is 261 g/mol. The Balaban J connectivity index is 2.89. The topological polar surface area (TPSA) is 62.5 Å². The van der Waals surface area contributed by atoms with Gasteiger partial charge in [-0.25, -0.2) is 4.79 Å². The van der Waals surface area contributed by atoms with Crippen LogP contribution in [-0.4, -0.2) is 20.7 Å². The first-order valence-electron chi connectivity index (χ1n) is 6.37. The van der Waals surface area contributed by atoms with Gasteiger partial charge in [-0.2, -0.15) is 0 Å². The van der Waals surface area contributed by atoms with Crippen molar-refractivity contribution in [2.75, 3.05) is 0 Å². The fraction of sp³-hybridized carbons (Fsp3) is 0.400. The van der Waals surface area contributed by atoms with Crippen molar-refractivity contribution in [3.05, 3.63) is 35.0 Å². The second-order valence-corrected chi connectivity index (χ2v) is 5.17. The number of benzene rings is 1. The van der Waals surface area contributed by atoms with Crippen molar-refractivity contribution in [1.29, 1.82) is 0 Å². The number of aliphatic hydroxyl groups is 1. The van der Waals surface area contributed by atoms with Gasteiger partial charge in [0, 0.05) is 22.7 Å². The van der Waals surface area contributed by atoms with E-state index in [0.29, 0.717) is 5.56 Å². The number of para-hydroxylation sites is 1. The van der Waals surface area contributed by atoms with Crippen molar-refractivity contribution >= 4 is 16.9 Å². The van der Waals surface area contributed by atoms with E-state index in [2.05, 4.69) is 18.4 Å². The molecule has 1 unspecified atom stereocenters. The number of hydrogen-bond acceptors (Lipinski definition) is 2. The first-order chi connectivity index (χ1) is 8.86. The van der Waals surface area contributed by atoms with Crippen molar-refractivity contribution in [1.82, 2.24) is 4.57 Å². The lowest BCUT2D eigenvalue weighted by molar-refractivity contribution is -0.146. The van der Waals surface area contributed by atoms with Gasteiger partial charge in [-0.1, -0.05) is 18.2 Å². The van der Waals surface area contributed by atoms with E-state index < -0.39 is 12.1 Å². The summed E-state index contributed by atoms with van der Waals surface area (Å²) in [6, 6.07) is 5.96. The second-order valence-electron chi connectivity index (χ2n) is 5.17. The van der Waals surface area contributed by atoms with Crippen LogP contribution in [0.25, 0.3) is 10.9 Å². The van der Waals surface area contributed by atoms with Crippen LogP contribution in [0.3, 0.4) is 0 Å². The standard InChI is InChI=1S/C15H19NO3/c1-8(2)16-10(4)12(14(17)15(18)19)11-7-5-6-9(3)13(11)16/h5-8,14,17H,1-4H3,(H,18,19). The van der Waals surface area contributed by atoms with Gasteiger partial charge >= 0.3 is 5.97 Å². The molecule has 4 nitrogen and oxygen atoms in total. The molecule has 2 aromatic rings. The fourth-order valence-electron chi connectivity index (χ4n) is 2.80. The maximum atomic E-state index is 11.1. The van der Waals surface area contributed by atoms with Crippen LogP contribution in [0.1, 0.15) is 42.8 Å². The van der Waals surface area contributed by atoms with Crippen LogP contribution in [-0.2, 0) is 4.79 Å². The molecular weight excluding hydrogens is 242 g/mol. The molecule has 1 aromatic carbocycles. The molecule has 0 spiro atoms. The zero-order valence-electron chi connectivity index (χ0n) is 11.6. The van der Waals surface area contributed by atoms with Crippen molar-refractivity contribution in [3.63, 3.8) is 0 Å². The average Bonchev–Trinajstić information content (AvgIpc) is 2.62. The molecule has 4 heteroatoms.